The van der Waals surface area contributed by atoms with Gasteiger partial charge in [-0.15, -0.1) is 0 Å². The second kappa shape index (κ2) is 7.27. The molecule has 2 aromatic carbocycles. The first-order valence-electron chi connectivity index (χ1n) is 6.05. The van der Waals surface area contributed by atoms with Crippen LogP contribution in [0.5, 0.6) is 5.75 Å². The normalized spacial score (nSPS) is 10.8. The Hall–Kier alpha value is -1.38. The number of hydrogen-bond donors (Lipinski definition) is 1. The van der Waals surface area contributed by atoms with Crippen LogP contribution in [-0.4, -0.2) is 12.4 Å². The molecule has 0 aliphatic carbocycles. The Morgan fingerprint density at radius 3 is 2.47 bits per heavy atom. The molecule has 1 nitrogen and oxygen atoms in total. The van der Waals surface area contributed by atoms with Crippen molar-refractivity contribution in [2.24, 2.45) is 0 Å². The fourth-order valence-corrected chi connectivity index (χ4v) is 2.09. The molecular weight excluding hydrogens is 276 g/mol. The topological polar surface area (TPSA) is 9.23 Å². The quantitative estimate of drug-likeness (QED) is 0.610. The molecule has 98 valence electrons. The van der Waals surface area contributed by atoms with Crippen LogP contribution in [0.3, 0.4) is 0 Å². The molecule has 0 fully saturated rings. The average Bonchev–Trinajstić information content (AvgIpc) is 2.46. The van der Waals surface area contributed by atoms with Crippen LogP contribution >= 0.6 is 24.2 Å². The van der Waals surface area contributed by atoms with E-state index in [0.29, 0.717) is 23.1 Å². The third-order valence-corrected chi connectivity index (χ3v) is 3.15. The van der Waals surface area contributed by atoms with E-state index in [1.807, 2.05) is 48.6 Å². The van der Waals surface area contributed by atoms with Crippen molar-refractivity contribution in [2.75, 3.05) is 12.4 Å². The highest BCUT2D eigenvalue weighted by molar-refractivity contribution is 7.80. The molecule has 0 saturated heterocycles. The number of hydrogen-bond acceptors (Lipinski definition) is 2. The number of thiol groups is 1. The molecule has 0 atom stereocenters. The molecule has 0 aliphatic rings. The van der Waals surface area contributed by atoms with Gasteiger partial charge in [-0.25, -0.2) is 0 Å². The fourth-order valence-electron chi connectivity index (χ4n) is 1.71. The molecule has 0 unspecified atom stereocenters. The van der Waals surface area contributed by atoms with Crippen molar-refractivity contribution in [3.8, 4) is 16.9 Å². The van der Waals surface area contributed by atoms with E-state index < -0.39 is 0 Å². The zero-order valence-electron chi connectivity index (χ0n) is 10.4. The highest BCUT2D eigenvalue weighted by Crippen LogP contribution is 2.30. The van der Waals surface area contributed by atoms with E-state index in [-0.39, 0.29) is 0 Å². The summed E-state index contributed by atoms with van der Waals surface area (Å²) in [5, 5.41) is 0.626. The lowest BCUT2D eigenvalue weighted by atomic mass is 10.1. The van der Waals surface area contributed by atoms with Crippen LogP contribution in [0, 0.1) is 0 Å². The second-order valence-electron chi connectivity index (χ2n) is 3.98. The van der Waals surface area contributed by atoms with Crippen LogP contribution in [0.1, 0.15) is 0 Å². The number of halogens is 1. The lowest BCUT2D eigenvalue weighted by Crippen LogP contribution is -1.94. The monoisotopic (exact) mass is 290 g/mol. The Morgan fingerprint density at radius 1 is 1.00 bits per heavy atom. The Kier molecular flexibility index (Phi) is 5.37. The van der Waals surface area contributed by atoms with Gasteiger partial charge in [-0.1, -0.05) is 60.2 Å². The van der Waals surface area contributed by atoms with Gasteiger partial charge in [0.2, 0.25) is 0 Å². The van der Waals surface area contributed by atoms with E-state index in [4.69, 9.17) is 16.3 Å². The Labute approximate surface area is 124 Å². The van der Waals surface area contributed by atoms with Crippen molar-refractivity contribution in [3.63, 3.8) is 0 Å². The summed E-state index contributed by atoms with van der Waals surface area (Å²) in [5.74, 6) is 1.41. The van der Waals surface area contributed by atoms with Crippen LogP contribution in [0.4, 0.5) is 0 Å². The maximum Gasteiger partial charge on any atom is 0.138 e. The number of benzene rings is 2. The first-order chi connectivity index (χ1) is 9.31. The van der Waals surface area contributed by atoms with E-state index in [0.717, 1.165) is 11.1 Å². The molecule has 0 spiro atoms. The standard InChI is InChI=1S/C16H15ClOS/c17-15-12-14(13-6-2-1-3-7-13)8-9-16(15)18-10-4-5-11-19/h1-9,12,19H,10-11H2. The SMILES string of the molecule is SCC=CCOc1ccc(-c2ccccc2)cc1Cl. The van der Waals surface area contributed by atoms with Crippen LogP contribution in [0.15, 0.2) is 60.7 Å². The molecule has 2 rings (SSSR count). The van der Waals surface area contributed by atoms with Crippen molar-refractivity contribution < 1.29 is 4.74 Å². The van der Waals surface area contributed by atoms with Gasteiger partial charge in [0.05, 0.1) is 5.02 Å². The van der Waals surface area contributed by atoms with E-state index >= 15 is 0 Å². The minimum atomic E-state index is 0.505. The Balaban J connectivity index is 2.11. The predicted octanol–water partition coefficient (Wildman–Crippen LogP) is 4.87. The molecule has 19 heavy (non-hydrogen) atoms. The predicted molar refractivity (Wildman–Crippen MR) is 85.4 cm³/mol. The van der Waals surface area contributed by atoms with Gasteiger partial charge in [0, 0.05) is 5.75 Å². The van der Waals surface area contributed by atoms with Crippen LogP contribution in [-0.2, 0) is 0 Å². The lowest BCUT2D eigenvalue weighted by Gasteiger charge is -2.08. The molecule has 0 aromatic heterocycles. The second-order valence-corrected chi connectivity index (χ2v) is 4.75. The summed E-state index contributed by atoms with van der Waals surface area (Å²) in [6.45, 7) is 0.505. The molecular formula is C16H15ClOS. The molecule has 3 heteroatoms. The van der Waals surface area contributed by atoms with Gasteiger partial charge in [-0.05, 0) is 23.3 Å². The van der Waals surface area contributed by atoms with Gasteiger partial charge in [-0.3, -0.25) is 0 Å². The fraction of sp³-hybridized carbons (Fsp3) is 0.125. The molecule has 0 aliphatic heterocycles. The molecule has 0 amide bonds. The maximum atomic E-state index is 6.23. The van der Waals surface area contributed by atoms with Crippen molar-refractivity contribution in [3.05, 3.63) is 65.7 Å². The minimum Gasteiger partial charge on any atom is -0.488 e. The van der Waals surface area contributed by atoms with E-state index in [9.17, 15) is 0 Å². The third kappa shape index (κ3) is 4.05. The summed E-state index contributed by atoms with van der Waals surface area (Å²) < 4.78 is 5.58. The Morgan fingerprint density at radius 2 is 1.79 bits per heavy atom. The van der Waals surface area contributed by atoms with Gasteiger partial charge in [0.1, 0.15) is 12.4 Å². The summed E-state index contributed by atoms with van der Waals surface area (Å²) in [6, 6.07) is 16.0. The molecule has 0 N–H and O–H groups in total. The van der Waals surface area contributed by atoms with Crippen molar-refractivity contribution in [1.29, 1.82) is 0 Å². The number of rotatable bonds is 5. The molecule has 0 heterocycles. The third-order valence-electron chi connectivity index (χ3n) is 2.65. The van der Waals surface area contributed by atoms with E-state index in [2.05, 4.69) is 24.8 Å². The van der Waals surface area contributed by atoms with Gasteiger partial charge in [-0.2, -0.15) is 12.6 Å². The molecule has 0 saturated carbocycles. The van der Waals surface area contributed by atoms with Crippen LogP contribution in [0.2, 0.25) is 5.02 Å². The zero-order valence-corrected chi connectivity index (χ0v) is 12.1. The summed E-state index contributed by atoms with van der Waals surface area (Å²) in [5.41, 5.74) is 2.23. The first-order valence-corrected chi connectivity index (χ1v) is 7.06. The zero-order chi connectivity index (χ0) is 13.5. The van der Waals surface area contributed by atoms with E-state index in [1.54, 1.807) is 0 Å². The smallest absolute Gasteiger partial charge is 0.138 e. The van der Waals surface area contributed by atoms with Gasteiger partial charge in [0.15, 0.2) is 0 Å². The van der Waals surface area contributed by atoms with Gasteiger partial charge >= 0.3 is 0 Å². The number of ether oxygens (including phenoxy) is 1. The maximum absolute atomic E-state index is 6.23. The van der Waals surface area contributed by atoms with Gasteiger partial charge < -0.3 is 4.74 Å². The Bertz CT molecular complexity index is 552. The molecule has 0 radical (unpaired) electrons. The van der Waals surface area contributed by atoms with Crippen LogP contribution < -0.4 is 4.74 Å². The highest BCUT2D eigenvalue weighted by atomic mass is 35.5. The van der Waals surface area contributed by atoms with Crippen molar-refractivity contribution >= 4 is 24.2 Å². The largest absolute Gasteiger partial charge is 0.488 e. The minimum absolute atomic E-state index is 0.505. The molecule has 0 bridgehead atoms. The summed E-state index contributed by atoms with van der Waals surface area (Å²) >= 11 is 10.3. The highest BCUT2D eigenvalue weighted by Gasteiger charge is 2.03. The summed E-state index contributed by atoms with van der Waals surface area (Å²) in [7, 11) is 0. The van der Waals surface area contributed by atoms with Gasteiger partial charge in [0.25, 0.3) is 0 Å². The van der Waals surface area contributed by atoms with E-state index in [1.165, 1.54) is 0 Å². The van der Waals surface area contributed by atoms with Crippen molar-refractivity contribution in [2.45, 2.75) is 0 Å². The molecule has 2 aromatic rings. The van der Waals surface area contributed by atoms with Crippen LogP contribution in [0.25, 0.3) is 11.1 Å². The summed E-state index contributed by atoms with van der Waals surface area (Å²) in [4.78, 5) is 0. The van der Waals surface area contributed by atoms with Crippen molar-refractivity contribution in [1.82, 2.24) is 0 Å². The summed E-state index contributed by atoms with van der Waals surface area (Å²) in [6.07, 6.45) is 3.86. The lowest BCUT2D eigenvalue weighted by molar-refractivity contribution is 0.363. The average molecular weight is 291 g/mol. The first kappa shape index (κ1) is 14.0.